The van der Waals surface area contributed by atoms with Crippen LogP contribution in [0.1, 0.15) is 64.3 Å². The number of oxazole rings is 1. The number of likely N-dealkylation sites (tertiary alicyclic amines) is 1. The third kappa shape index (κ3) is 7.26. The van der Waals surface area contributed by atoms with Crippen molar-refractivity contribution in [1.82, 2.24) is 19.1 Å². The van der Waals surface area contributed by atoms with Crippen molar-refractivity contribution in [2.24, 2.45) is 0 Å². The van der Waals surface area contributed by atoms with Crippen molar-refractivity contribution in [3.05, 3.63) is 76.5 Å². The molecule has 0 bridgehead atoms. The van der Waals surface area contributed by atoms with Gasteiger partial charge in [0.05, 0.1) is 19.8 Å². The van der Waals surface area contributed by atoms with Gasteiger partial charge in [0, 0.05) is 44.2 Å². The highest BCUT2D eigenvalue weighted by molar-refractivity contribution is 7.97. The molecule has 214 valence electrons. The van der Waals surface area contributed by atoms with E-state index in [1.807, 2.05) is 0 Å². The van der Waals surface area contributed by atoms with Crippen LogP contribution >= 0.6 is 11.9 Å². The quantitative estimate of drug-likeness (QED) is 0.318. The van der Waals surface area contributed by atoms with Crippen LogP contribution in [0.25, 0.3) is 0 Å². The minimum atomic E-state index is -0.156. The number of carbonyl (C=O) groups is 1. The zero-order valence-corrected chi connectivity index (χ0v) is 24.7. The Hall–Kier alpha value is -2.85. The van der Waals surface area contributed by atoms with Gasteiger partial charge in [0.1, 0.15) is 12.0 Å². The van der Waals surface area contributed by atoms with Crippen LogP contribution in [0, 0.1) is 13.8 Å². The van der Waals surface area contributed by atoms with Gasteiger partial charge in [0.15, 0.2) is 5.69 Å². The van der Waals surface area contributed by atoms with Crippen LogP contribution in [0.2, 0.25) is 0 Å². The van der Waals surface area contributed by atoms with E-state index in [4.69, 9.17) is 9.15 Å². The number of nitrogens with zero attached hydrogens (tertiary/aromatic N) is 4. The third-order valence-electron chi connectivity index (χ3n) is 7.65. The standard InChI is InChI=1S/C31H40N4O4S/c1-21-15-27(38-4)16-22(2)30(21)40-35(25-9-10-25)19-29-32-28(20-39-29)31(37)33(3)17-23-5-7-24(8-6-23)18-34-13-11-26(36)12-14-34/h5-8,15-16,20,25-26,36H,9-14,17-19H2,1-4H3. The number of aromatic nitrogens is 1. The van der Waals surface area contributed by atoms with Gasteiger partial charge in [-0.05, 0) is 85.9 Å². The van der Waals surface area contributed by atoms with Gasteiger partial charge in [-0.25, -0.2) is 9.29 Å². The molecule has 0 unspecified atom stereocenters. The maximum atomic E-state index is 13.1. The Morgan fingerprint density at radius 1 is 1.07 bits per heavy atom. The molecule has 40 heavy (non-hydrogen) atoms. The summed E-state index contributed by atoms with van der Waals surface area (Å²) in [6.07, 6.45) is 5.30. The van der Waals surface area contributed by atoms with E-state index in [9.17, 15) is 9.90 Å². The second kappa shape index (κ2) is 12.8. The van der Waals surface area contributed by atoms with Gasteiger partial charge in [-0.1, -0.05) is 24.3 Å². The first-order valence-corrected chi connectivity index (χ1v) is 14.8. The number of aliphatic hydroxyl groups excluding tert-OH is 1. The predicted octanol–water partition coefficient (Wildman–Crippen LogP) is 5.20. The van der Waals surface area contributed by atoms with Gasteiger partial charge in [-0.15, -0.1) is 0 Å². The molecule has 2 fully saturated rings. The lowest BCUT2D eigenvalue weighted by Gasteiger charge is -2.29. The minimum absolute atomic E-state index is 0.154. The molecular weight excluding hydrogens is 524 g/mol. The van der Waals surface area contributed by atoms with Gasteiger partial charge in [-0.3, -0.25) is 9.69 Å². The number of amides is 1. The molecule has 1 aliphatic carbocycles. The zero-order chi connectivity index (χ0) is 28.2. The Bertz CT molecular complexity index is 1280. The second-order valence-corrected chi connectivity index (χ2v) is 12.2. The SMILES string of the molecule is COc1cc(C)c(SN(Cc2nc(C(=O)N(C)Cc3ccc(CN4CCC(O)CC4)cc3)co2)C2CC2)c(C)c1. The van der Waals surface area contributed by atoms with E-state index in [1.165, 1.54) is 27.8 Å². The molecule has 1 amide bonds. The van der Waals surface area contributed by atoms with E-state index in [2.05, 4.69) is 64.4 Å². The lowest BCUT2D eigenvalue weighted by Crippen LogP contribution is -2.35. The van der Waals surface area contributed by atoms with Crippen LogP contribution in [-0.2, 0) is 19.6 Å². The van der Waals surface area contributed by atoms with E-state index in [1.54, 1.807) is 31.0 Å². The first-order valence-electron chi connectivity index (χ1n) is 14.1. The average Bonchev–Trinajstić information content (AvgIpc) is 3.69. The molecular formula is C31H40N4O4S. The summed E-state index contributed by atoms with van der Waals surface area (Å²) in [5, 5.41) is 9.72. The Labute approximate surface area is 241 Å². The van der Waals surface area contributed by atoms with E-state index < -0.39 is 0 Å². The molecule has 2 aliphatic rings. The third-order valence-corrected chi connectivity index (χ3v) is 9.14. The van der Waals surface area contributed by atoms with Crippen LogP contribution in [0.4, 0.5) is 0 Å². The van der Waals surface area contributed by atoms with Crippen molar-refractivity contribution < 1.29 is 19.1 Å². The van der Waals surface area contributed by atoms with Crippen molar-refractivity contribution in [3.63, 3.8) is 0 Å². The number of aliphatic hydroxyl groups is 1. The number of benzene rings is 2. The highest BCUT2D eigenvalue weighted by Crippen LogP contribution is 2.40. The molecule has 2 heterocycles. The van der Waals surface area contributed by atoms with Crippen molar-refractivity contribution in [2.45, 2.75) is 76.2 Å². The van der Waals surface area contributed by atoms with Crippen LogP contribution in [-0.4, -0.2) is 69.5 Å². The summed E-state index contributed by atoms with van der Waals surface area (Å²) >= 11 is 1.73. The van der Waals surface area contributed by atoms with E-state index in [-0.39, 0.29) is 12.0 Å². The first-order chi connectivity index (χ1) is 19.3. The topological polar surface area (TPSA) is 82.3 Å². The van der Waals surface area contributed by atoms with Crippen LogP contribution in [0.15, 0.2) is 52.0 Å². The molecule has 0 atom stereocenters. The predicted molar refractivity (Wildman–Crippen MR) is 156 cm³/mol. The highest BCUT2D eigenvalue weighted by atomic mass is 32.2. The molecule has 2 aromatic carbocycles. The number of carbonyl (C=O) groups excluding carboxylic acids is 1. The average molecular weight is 565 g/mol. The monoisotopic (exact) mass is 564 g/mol. The minimum Gasteiger partial charge on any atom is -0.497 e. The fraction of sp³-hybridized carbons (Fsp3) is 0.484. The molecule has 0 spiro atoms. The van der Waals surface area contributed by atoms with Crippen molar-refractivity contribution >= 4 is 17.9 Å². The van der Waals surface area contributed by atoms with Gasteiger partial charge < -0.3 is 19.2 Å². The molecule has 1 saturated heterocycles. The molecule has 1 N–H and O–H groups in total. The van der Waals surface area contributed by atoms with Crippen molar-refractivity contribution in [3.8, 4) is 5.75 Å². The molecule has 8 nitrogen and oxygen atoms in total. The van der Waals surface area contributed by atoms with Crippen LogP contribution in [0.3, 0.4) is 0 Å². The Morgan fingerprint density at radius 2 is 1.73 bits per heavy atom. The van der Waals surface area contributed by atoms with E-state index in [0.29, 0.717) is 30.7 Å². The Balaban J connectivity index is 1.16. The lowest BCUT2D eigenvalue weighted by atomic mass is 10.1. The summed E-state index contributed by atoms with van der Waals surface area (Å²) in [4.78, 5) is 23.0. The molecule has 1 saturated carbocycles. The second-order valence-electron chi connectivity index (χ2n) is 11.1. The molecule has 3 aromatic rings. The van der Waals surface area contributed by atoms with Crippen molar-refractivity contribution in [1.29, 1.82) is 0 Å². The molecule has 5 rings (SSSR count). The Morgan fingerprint density at radius 3 is 2.35 bits per heavy atom. The molecule has 1 aromatic heterocycles. The fourth-order valence-corrected chi connectivity index (χ4v) is 6.31. The number of methoxy groups -OCH3 is 1. The van der Waals surface area contributed by atoms with Gasteiger partial charge in [0.2, 0.25) is 5.89 Å². The molecule has 9 heteroatoms. The summed E-state index contributed by atoms with van der Waals surface area (Å²) in [5.74, 6) is 1.26. The van der Waals surface area contributed by atoms with Gasteiger partial charge >= 0.3 is 0 Å². The number of aryl methyl sites for hydroxylation is 2. The fourth-order valence-electron chi connectivity index (χ4n) is 5.13. The largest absolute Gasteiger partial charge is 0.497 e. The lowest BCUT2D eigenvalue weighted by molar-refractivity contribution is 0.0777. The number of ether oxygens (including phenoxy) is 1. The smallest absolute Gasteiger partial charge is 0.275 e. The highest BCUT2D eigenvalue weighted by Gasteiger charge is 2.32. The number of hydrogen-bond acceptors (Lipinski definition) is 8. The van der Waals surface area contributed by atoms with E-state index in [0.717, 1.165) is 56.6 Å². The Kier molecular flexibility index (Phi) is 9.15. The maximum Gasteiger partial charge on any atom is 0.275 e. The van der Waals surface area contributed by atoms with Crippen molar-refractivity contribution in [2.75, 3.05) is 27.2 Å². The van der Waals surface area contributed by atoms with Gasteiger partial charge in [0.25, 0.3) is 5.91 Å². The van der Waals surface area contributed by atoms with Crippen LogP contribution < -0.4 is 4.74 Å². The number of rotatable bonds is 11. The summed E-state index contributed by atoms with van der Waals surface area (Å²) in [7, 11) is 3.49. The first kappa shape index (κ1) is 28.7. The normalized spacial score (nSPS) is 16.4. The van der Waals surface area contributed by atoms with E-state index >= 15 is 0 Å². The molecule has 0 radical (unpaired) electrons. The summed E-state index contributed by atoms with van der Waals surface area (Å²) < 4.78 is 13.5. The summed E-state index contributed by atoms with van der Waals surface area (Å²) in [6.45, 7) is 7.99. The maximum absolute atomic E-state index is 13.1. The zero-order valence-electron chi connectivity index (χ0n) is 23.9. The molecule has 1 aliphatic heterocycles. The summed E-state index contributed by atoms with van der Waals surface area (Å²) in [5.41, 5.74) is 5.00. The number of hydrogen-bond donors (Lipinski definition) is 1. The van der Waals surface area contributed by atoms with Crippen LogP contribution in [0.5, 0.6) is 5.75 Å². The number of piperidine rings is 1. The summed E-state index contributed by atoms with van der Waals surface area (Å²) in [6, 6.07) is 13.0. The van der Waals surface area contributed by atoms with Gasteiger partial charge in [-0.2, -0.15) is 0 Å².